The van der Waals surface area contributed by atoms with Gasteiger partial charge in [-0.3, -0.25) is 14.4 Å². The minimum absolute atomic E-state index is 0.0257. The molecule has 0 radical (unpaired) electrons. The molecule has 0 atom stereocenters. The van der Waals surface area contributed by atoms with Crippen molar-refractivity contribution >= 4 is 29.5 Å². The third-order valence-electron chi connectivity index (χ3n) is 2.86. The number of aliphatic carboxylic acids is 1. The number of hydrogen-bond acceptors (Lipinski definition) is 4. The van der Waals surface area contributed by atoms with E-state index in [0.29, 0.717) is 32.4 Å². The van der Waals surface area contributed by atoms with Crippen molar-refractivity contribution in [3.05, 3.63) is 0 Å². The molecular formula is C16H30N2O4S. The van der Waals surface area contributed by atoms with E-state index in [0.717, 1.165) is 17.9 Å². The molecule has 23 heavy (non-hydrogen) atoms. The van der Waals surface area contributed by atoms with E-state index in [9.17, 15) is 14.4 Å². The summed E-state index contributed by atoms with van der Waals surface area (Å²) in [5.74, 6) is 0.882. The summed E-state index contributed by atoms with van der Waals surface area (Å²) in [4.78, 5) is 33.5. The SMILES string of the molecule is CC(C)(C)CC(=O)NCCC(=O)NCCSCCCCC(=O)O. The number of rotatable bonds is 12. The Morgan fingerprint density at radius 3 is 2.17 bits per heavy atom. The predicted octanol–water partition coefficient (Wildman–Crippen LogP) is 2.03. The highest BCUT2D eigenvalue weighted by atomic mass is 32.2. The lowest BCUT2D eigenvalue weighted by Crippen LogP contribution is -2.33. The maximum Gasteiger partial charge on any atom is 0.303 e. The van der Waals surface area contributed by atoms with Gasteiger partial charge in [0, 0.05) is 38.1 Å². The molecule has 0 bridgehead atoms. The van der Waals surface area contributed by atoms with Crippen LogP contribution in [0.15, 0.2) is 0 Å². The standard InChI is InChI=1S/C16H30N2O4S/c1-16(2,3)12-14(20)17-8-7-13(19)18-9-11-23-10-5-4-6-15(21)22/h4-12H2,1-3H3,(H,17,20)(H,18,19)(H,21,22). The van der Waals surface area contributed by atoms with Crippen LogP contribution in [0.25, 0.3) is 0 Å². The zero-order valence-corrected chi connectivity index (χ0v) is 15.3. The first-order valence-corrected chi connectivity index (χ1v) is 9.19. The normalized spacial score (nSPS) is 11.1. The first-order chi connectivity index (χ1) is 10.7. The highest BCUT2D eigenvalue weighted by molar-refractivity contribution is 7.99. The summed E-state index contributed by atoms with van der Waals surface area (Å²) >= 11 is 1.70. The van der Waals surface area contributed by atoms with Crippen molar-refractivity contribution < 1.29 is 19.5 Å². The molecule has 0 unspecified atom stereocenters. The van der Waals surface area contributed by atoms with Gasteiger partial charge in [0.15, 0.2) is 0 Å². The molecule has 3 N–H and O–H groups in total. The van der Waals surface area contributed by atoms with E-state index in [2.05, 4.69) is 10.6 Å². The van der Waals surface area contributed by atoms with Crippen LogP contribution in [-0.4, -0.2) is 47.5 Å². The number of carboxylic acid groups (broad SMARTS) is 1. The topological polar surface area (TPSA) is 95.5 Å². The lowest BCUT2D eigenvalue weighted by atomic mass is 9.92. The van der Waals surface area contributed by atoms with Crippen LogP contribution in [0.3, 0.4) is 0 Å². The molecule has 6 nitrogen and oxygen atoms in total. The van der Waals surface area contributed by atoms with E-state index in [1.807, 2.05) is 20.8 Å². The second kappa shape index (κ2) is 12.2. The zero-order valence-electron chi connectivity index (χ0n) is 14.4. The quantitative estimate of drug-likeness (QED) is 0.470. The van der Waals surface area contributed by atoms with Crippen LogP contribution in [0.4, 0.5) is 0 Å². The van der Waals surface area contributed by atoms with Gasteiger partial charge in [0.05, 0.1) is 0 Å². The van der Waals surface area contributed by atoms with Gasteiger partial charge >= 0.3 is 5.97 Å². The summed E-state index contributed by atoms with van der Waals surface area (Å²) < 4.78 is 0. The van der Waals surface area contributed by atoms with Crippen molar-refractivity contribution in [3.63, 3.8) is 0 Å². The molecule has 134 valence electrons. The Hall–Kier alpha value is -1.24. The Kier molecular flexibility index (Phi) is 11.6. The van der Waals surface area contributed by atoms with Gasteiger partial charge in [-0.1, -0.05) is 20.8 Å². The predicted molar refractivity (Wildman–Crippen MR) is 93.5 cm³/mol. The third-order valence-corrected chi connectivity index (χ3v) is 3.93. The van der Waals surface area contributed by atoms with Crippen molar-refractivity contribution in [2.24, 2.45) is 5.41 Å². The first kappa shape index (κ1) is 21.8. The summed E-state index contributed by atoms with van der Waals surface area (Å²) in [5.41, 5.74) is -0.0476. The highest BCUT2D eigenvalue weighted by Gasteiger charge is 2.15. The number of hydrogen-bond donors (Lipinski definition) is 3. The Balaban J connectivity index is 3.44. The molecule has 7 heteroatoms. The smallest absolute Gasteiger partial charge is 0.303 e. The molecule has 0 aliphatic rings. The van der Waals surface area contributed by atoms with Gasteiger partial charge in [-0.05, 0) is 24.0 Å². The second-order valence-electron chi connectivity index (χ2n) is 6.65. The molecule has 0 aliphatic heterocycles. The molecule has 0 fully saturated rings. The number of amides is 2. The first-order valence-electron chi connectivity index (χ1n) is 8.03. The maximum atomic E-state index is 11.6. The molecular weight excluding hydrogens is 316 g/mol. The molecule has 0 spiro atoms. The van der Waals surface area contributed by atoms with Crippen LogP contribution in [0.5, 0.6) is 0 Å². The number of carbonyl (C=O) groups is 3. The summed E-state index contributed by atoms with van der Waals surface area (Å²) in [7, 11) is 0. The fraction of sp³-hybridized carbons (Fsp3) is 0.812. The van der Waals surface area contributed by atoms with Crippen LogP contribution in [0, 0.1) is 5.41 Å². The number of nitrogens with one attached hydrogen (secondary N) is 2. The van der Waals surface area contributed by atoms with Crippen LogP contribution >= 0.6 is 11.8 Å². The minimum Gasteiger partial charge on any atom is -0.481 e. The maximum absolute atomic E-state index is 11.6. The average molecular weight is 346 g/mol. The molecule has 2 amide bonds. The van der Waals surface area contributed by atoms with Gasteiger partial charge in [0.25, 0.3) is 0 Å². The van der Waals surface area contributed by atoms with Crippen molar-refractivity contribution in [1.82, 2.24) is 10.6 Å². The Labute approximate surface area is 143 Å². The summed E-state index contributed by atoms with van der Waals surface area (Å²) in [6.45, 7) is 6.96. The van der Waals surface area contributed by atoms with E-state index in [4.69, 9.17) is 5.11 Å². The number of carbonyl (C=O) groups excluding carboxylic acids is 2. The molecule has 0 heterocycles. The van der Waals surface area contributed by atoms with E-state index < -0.39 is 5.97 Å². The van der Waals surface area contributed by atoms with Gasteiger partial charge in [0.2, 0.25) is 11.8 Å². The lowest BCUT2D eigenvalue weighted by molar-refractivity contribution is -0.137. The summed E-state index contributed by atoms with van der Waals surface area (Å²) in [6.07, 6.45) is 2.54. The van der Waals surface area contributed by atoms with Gasteiger partial charge in [-0.2, -0.15) is 11.8 Å². The van der Waals surface area contributed by atoms with Gasteiger partial charge in [0.1, 0.15) is 0 Å². The van der Waals surface area contributed by atoms with Crippen LogP contribution in [0.1, 0.15) is 52.9 Å². The van der Waals surface area contributed by atoms with Gasteiger partial charge in [-0.25, -0.2) is 0 Å². The molecule has 0 aliphatic carbocycles. The molecule has 0 saturated carbocycles. The van der Waals surface area contributed by atoms with Crippen molar-refractivity contribution in [3.8, 4) is 0 Å². The minimum atomic E-state index is -0.753. The van der Waals surface area contributed by atoms with Crippen molar-refractivity contribution in [1.29, 1.82) is 0 Å². The van der Waals surface area contributed by atoms with E-state index in [1.54, 1.807) is 11.8 Å². The number of thioether (sulfide) groups is 1. The second-order valence-corrected chi connectivity index (χ2v) is 7.88. The fourth-order valence-electron chi connectivity index (χ4n) is 1.79. The van der Waals surface area contributed by atoms with Gasteiger partial charge in [-0.15, -0.1) is 0 Å². The van der Waals surface area contributed by atoms with Crippen LogP contribution < -0.4 is 10.6 Å². The molecule has 0 rings (SSSR count). The Bertz CT molecular complexity index is 381. The molecule has 0 aromatic carbocycles. The van der Waals surface area contributed by atoms with Crippen LogP contribution in [0.2, 0.25) is 0 Å². The van der Waals surface area contributed by atoms with E-state index in [1.165, 1.54) is 0 Å². The van der Waals surface area contributed by atoms with E-state index >= 15 is 0 Å². The Morgan fingerprint density at radius 2 is 1.57 bits per heavy atom. The molecule has 0 saturated heterocycles. The van der Waals surface area contributed by atoms with E-state index in [-0.39, 0.29) is 23.7 Å². The number of carboxylic acids is 1. The third kappa shape index (κ3) is 17.0. The lowest BCUT2D eigenvalue weighted by Gasteiger charge is -2.17. The monoisotopic (exact) mass is 346 g/mol. The van der Waals surface area contributed by atoms with Crippen molar-refractivity contribution in [2.75, 3.05) is 24.6 Å². The van der Waals surface area contributed by atoms with Crippen molar-refractivity contribution in [2.45, 2.75) is 52.9 Å². The summed E-state index contributed by atoms with van der Waals surface area (Å²) in [5, 5.41) is 14.1. The fourth-order valence-corrected chi connectivity index (χ4v) is 2.65. The summed E-state index contributed by atoms with van der Waals surface area (Å²) in [6, 6.07) is 0. The van der Waals surface area contributed by atoms with Crippen LogP contribution in [-0.2, 0) is 14.4 Å². The zero-order chi connectivity index (χ0) is 17.7. The Morgan fingerprint density at radius 1 is 0.913 bits per heavy atom. The molecule has 0 aromatic heterocycles. The number of unbranched alkanes of at least 4 members (excludes halogenated alkanes) is 1. The molecule has 0 aromatic rings. The largest absolute Gasteiger partial charge is 0.481 e. The average Bonchev–Trinajstić information content (AvgIpc) is 2.39. The van der Waals surface area contributed by atoms with Gasteiger partial charge < -0.3 is 15.7 Å². The highest BCUT2D eigenvalue weighted by Crippen LogP contribution is 2.17.